The van der Waals surface area contributed by atoms with Crippen LogP contribution in [0.15, 0.2) is 24.3 Å². The van der Waals surface area contributed by atoms with Crippen LogP contribution in [0.2, 0.25) is 0 Å². The van der Waals surface area contributed by atoms with Gasteiger partial charge in [-0.2, -0.15) is 17.0 Å². The Balaban J connectivity index is 1.76. The molecule has 0 radical (unpaired) electrons. The molecule has 2 saturated heterocycles. The van der Waals surface area contributed by atoms with Gasteiger partial charge in [-0.25, -0.2) is 14.7 Å². The van der Waals surface area contributed by atoms with Gasteiger partial charge in [-0.3, -0.25) is 10.0 Å². The number of halogens is 1. The number of urea groups is 1. The van der Waals surface area contributed by atoms with Crippen LogP contribution in [0.3, 0.4) is 0 Å². The van der Waals surface area contributed by atoms with Gasteiger partial charge in [0.25, 0.3) is 16.1 Å². The second-order valence-corrected chi connectivity index (χ2v) is 9.99. The van der Waals surface area contributed by atoms with E-state index in [9.17, 15) is 27.5 Å². The molecule has 11 nitrogen and oxygen atoms in total. The monoisotopic (exact) mass is 473 g/mol. The van der Waals surface area contributed by atoms with Crippen molar-refractivity contribution in [3.63, 3.8) is 0 Å². The van der Waals surface area contributed by atoms with E-state index in [1.54, 1.807) is 26.2 Å². The van der Waals surface area contributed by atoms with Crippen molar-refractivity contribution in [2.75, 3.05) is 46.8 Å². The summed E-state index contributed by atoms with van der Waals surface area (Å²) in [4.78, 5) is 27.2. The lowest BCUT2D eigenvalue weighted by atomic mass is 9.88. The second-order valence-electron chi connectivity index (χ2n) is 8.11. The molecule has 2 heterocycles. The van der Waals surface area contributed by atoms with Crippen LogP contribution < -0.4 is 5.48 Å². The molecule has 2 aliphatic heterocycles. The normalized spacial score (nSPS) is 25.4. The Kier molecular flexibility index (Phi) is 7.35. The van der Waals surface area contributed by atoms with E-state index in [1.807, 2.05) is 0 Å². The fourth-order valence-corrected chi connectivity index (χ4v) is 5.92. The molecule has 1 aromatic carbocycles. The van der Waals surface area contributed by atoms with Crippen molar-refractivity contribution in [2.45, 2.75) is 24.5 Å². The van der Waals surface area contributed by atoms with Gasteiger partial charge in [0.05, 0.1) is 6.10 Å². The molecular formula is C19H28FN5O6S. The van der Waals surface area contributed by atoms with Gasteiger partial charge in [-0.05, 0) is 24.1 Å². The predicted molar refractivity (Wildman–Crippen MR) is 111 cm³/mol. The van der Waals surface area contributed by atoms with Crippen molar-refractivity contribution in [3.05, 3.63) is 35.6 Å². The average Bonchev–Trinajstić information content (AvgIpc) is 2.78. The van der Waals surface area contributed by atoms with Gasteiger partial charge in [0.1, 0.15) is 11.9 Å². The number of benzene rings is 1. The zero-order valence-electron chi connectivity index (χ0n) is 17.9. The molecule has 1 aromatic rings. The largest absolute Gasteiger partial charge is 0.391 e. The first-order valence-corrected chi connectivity index (χ1v) is 11.6. The smallest absolute Gasteiger partial charge is 0.319 e. The summed E-state index contributed by atoms with van der Waals surface area (Å²) in [6, 6.07) is 4.00. The first-order valence-electron chi connectivity index (χ1n) is 10.2. The van der Waals surface area contributed by atoms with Gasteiger partial charge in [-0.1, -0.05) is 12.1 Å². The summed E-state index contributed by atoms with van der Waals surface area (Å²) in [6.45, 7) is -0.411. The fraction of sp³-hybridized carbons (Fsp3) is 0.579. The number of rotatable bonds is 4. The summed E-state index contributed by atoms with van der Waals surface area (Å²) in [5, 5.41) is 19.7. The number of hydrogen-bond acceptors (Lipinski definition) is 6. The van der Waals surface area contributed by atoms with Crippen LogP contribution in [-0.2, 0) is 15.0 Å². The van der Waals surface area contributed by atoms with Crippen LogP contribution in [0, 0.1) is 5.82 Å². The summed E-state index contributed by atoms with van der Waals surface area (Å²) in [5.74, 6) is -1.71. The number of carbonyl (C=O) groups excluding carboxylic acids is 2. The molecule has 0 aromatic heterocycles. The molecule has 2 aliphatic rings. The Bertz CT molecular complexity index is 944. The highest BCUT2D eigenvalue weighted by Crippen LogP contribution is 2.31. The van der Waals surface area contributed by atoms with Crippen LogP contribution >= 0.6 is 0 Å². The van der Waals surface area contributed by atoms with Crippen molar-refractivity contribution in [1.82, 2.24) is 23.9 Å². The lowest BCUT2D eigenvalue weighted by Gasteiger charge is -2.43. The Labute approximate surface area is 186 Å². The number of carbonyl (C=O) groups is 2. The number of aliphatic hydroxyl groups is 1. The van der Waals surface area contributed by atoms with Crippen molar-refractivity contribution < 1.29 is 32.7 Å². The average molecular weight is 474 g/mol. The molecule has 32 heavy (non-hydrogen) atoms. The lowest BCUT2D eigenvalue weighted by Crippen LogP contribution is -2.65. The van der Waals surface area contributed by atoms with Gasteiger partial charge >= 0.3 is 6.03 Å². The Morgan fingerprint density at radius 1 is 1.12 bits per heavy atom. The van der Waals surface area contributed by atoms with Crippen LogP contribution in [0.5, 0.6) is 0 Å². The van der Waals surface area contributed by atoms with Gasteiger partial charge in [-0.15, -0.1) is 0 Å². The molecule has 2 unspecified atom stereocenters. The second kappa shape index (κ2) is 9.67. The standard InChI is InChI=1S/C19H28FN5O6S/c1-22(2)19(28)23-9-10-25(16(11-23)18(27)21-29)32(30,31)24-8-7-15(17(26)12-24)13-3-5-14(20)6-4-13/h3-6,15-17,26,29H,7-12H2,1-2H3,(H,21,27)/t15?,16-,17?/m1/s1. The first kappa shape index (κ1) is 24.3. The zero-order valence-corrected chi connectivity index (χ0v) is 18.7. The topological polar surface area (TPSA) is 134 Å². The predicted octanol–water partition coefficient (Wildman–Crippen LogP) is -0.606. The SMILES string of the molecule is CN(C)C(=O)N1CCN(S(=O)(=O)N2CCC(c3ccc(F)cc3)C(O)C2)[C@@H](C(=O)NO)C1. The van der Waals surface area contributed by atoms with Gasteiger partial charge < -0.3 is 14.9 Å². The minimum atomic E-state index is -4.18. The number of hydroxylamine groups is 1. The van der Waals surface area contributed by atoms with Gasteiger partial charge in [0.15, 0.2) is 0 Å². The molecule has 178 valence electrons. The third-order valence-corrected chi connectivity index (χ3v) is 7.88. The Morgan fingerprint density at radius 3 is 2.34 bits per heavy atom. The van der Waals surface area contributed by atoms with E-state index in [-0.39, 0.29) is 44.7 Å². The van der Waals surface area contributed by atoms with Crippen LogP contribution in [0.1, 0.15) is 17.9 Å². The van der Waals surface area contributed by atoms with E-state index in [0.29, 0.717) is 12.0 Å². The molecule has 3 amide bonds. The minimum Gasteiger partial charge on any atom is -0.391 e. The quantitative estimate of drug-likeness (QED) is 0.395. The van der Waals surface area contributed by atoms with Crippen molar-refractivity contribution in [1.29, 1.82) is 0 Å². The van der Waals surface area contributed by atoms with Gasteiger partial charge in [0, 0.05) is 52.7 Å². The molecule has 3 N–H and O–H groups in total. The van der Waals surface area contributed by atoms with E-state index < -0.39 is 34.1 Å². The summed E-state index contributed by atoms with van der Waals surface area (Å²) >= 11 is 0. The van der Waals surface area contributed by atoms with Crippen LogP contribution in [-0.4, -0.2) is 108 Å². The molecule has 2 fully saturated rings. The number of piperidine rings is 1. The molecular weight excluding hydrogens is 445 g/mol. The van der Waals surface area contributed by atoms with Crippen LogP contribution in [0.4, 0.5) is 9.18 Å². The third kappa shape index (κ3) is 4.86. The molecule has 0 aliphatic carbocycles. The van der Waals surface area contributed by atoms with E-state index in [4.69, 9.17) is 5.21 Å². The Hall–Kier alpha value is -2.32. The Morgan fingerprint density at radius 2 is 1.78 bits per heavy atom. The highest BCUT2D eigenvalue weighted by Gasteiger charge is 2.45. The maximum Gasteiger partial charge on any atom is 0.319 e. The minimum absolute atomic E-state index is 0.0695. The van der Waals surface area contributed by atoms with E-state index in [2.05, 4.69) is 0 Å². The summed E-state index contributed by atoms with van der Waals surface area (Å²) < 4.78 is 41.9. The van der Waals surface area contributed by atoms with Crippen molar-refractivity contribution in [2.24, 2.45) is 0 Å². The highest BCUT2D eigenvalue weighted by molar-refractivity contribution is 7.86. The third-order valence-electron chi connectivity index (χ3n) is 5.86. The number of β-amino-alcohol motifs (C(OH)–C–C–N with tert-alkyl or cyclic N) is 1. The van der Waals surface area contributed by atoms with E-state index >= 15 is 0 Å². The van der Waals surface area contributed by atoms with Crippen LogP contribution in [0.25, 0.3) is 0 Å². The van der Waals surface area contributed by atoms with Crippen molar-refractivity contribution in [3.8, 4) is 0 Å². The number of nitrogens with zero attached hydrogens (tertiary/aromatic N) is 4. The number of hydrogen-bond donors (Lipinski definition) is 3. The number of amides is 3. The van der Waals surface area contributed by atoms with E-state index in [1.165, 1.54) is 27.4 Å². The molecule has 0 bridgehead atoms. The summed E-state index contributed by atoms with van der Waals surface area (Å²) in [5.41, 5.74) is 2.19. The van der Waals surface area contributed by atoms with Gasteiger partial charge in [0.2, 0.25) is 0 Å². The maximum atomic E-state index is 13.3. The lowest BCUT2D eigenvalue weighted by molar-refractivity contribution is -0.134. The maximum absolute atomic E-state index is 13.3. The van der Waals surface area contributed by atoms with E-state index in [0.717, 1.165) is 8.61 Å². The molecule has 13 heteroatoms. The summed E-state index contributed by atoms with van der Waals surface area (Å²) in [7, 11) is -1.10. The molecule has 3 rings (SSSR count). The summed E-state index contributed by atoms with van der Waals surface area (Å²) in [6.07, 6.45) is -0.715. The molecule has 0 saturated carbocycles. The molecule has 3 atom stereocenters. The molecule has 0 spiro atoms. The zero-order chi connectivity index (χ0) is 23.6. The first-order chi connectivity index (χ1) is 15.1. The number of piperazine rings is 1. The highest BCUT2D eigenvalue weighted by atomic mass is 32.2. The number of aliphatic hydroxyl groups excluding tert-OH is 1. The van der Waals surface area contributed by atoms with Crippen molar-refractivity contribution >= 4 is 22.1 Å². The number of nitrogens with one attached hydrogen (secondary N) is 1. The fourth-order valence-electron chi connectivity index (χ4n) is 4.15.